The lowest BCUT2D eigenvalue weighted by atomic mass is 9.90. The Morgan fingerprint density at radius 1 is 1.27 bits per heavy atom. The lowest BCUT2D eigenvalue weighted by Gasteiger charge is -2.46. The van der Waals surface area contributed by atoms with E-state index in [4.69, 9.17) is 14.6 Å². The van der Waals surface area contributed by atoms with E-state index in [1.165, 1.54) is 0 Å². The molecule has 3 rings (SSSR count). The molecule has 2 fully saturated rings. The van der Waals surface area contributed by atoms with Gasteiger partial charge in [-0.2, -0.15) is 13.2 Å². The van der Waals surface area contributed by atoms with Crippen molar-refractivity contribution in [2.24, 2.45) is 0 Å². The van der Waals surface area contributed by atoms with Crippen molar-refractivity contribution in [2.75, 3.05) is 38.5 Å². The van der Waals surface area contributed by atoms with Crippen LogP contribution < -0.4 is 0 Å². The van der Waals surface area contributed by atoms with Crippen LogP contribution in [0, 0.1) is 0 Å². The number of aliphatic carboxylic acids is 1. The van der Waals surface area contributed by atoms with Gasteiger partial charge >= 0.3 is 12.1 Å². The summed E-state index contributed by atoms with van der Waals surface area (Å²) < 4.78 is 63.4. The Morgan fingerprint density at radius 2 is 1.90 bits per heavy atom. The topological polar surface area (TPSA) is 100 Å². The molecule has 170 valence electrons. The standard InChI is InChI=1S/C16H25N3O3S.C2HF3O2/c1-2-23(20,21)19-9-6-16(7-10-19)14-18(11-12-22-16)13-15-5-3-4-8-17-15;3-2(4,5)1(6)7/h3-5,8H,2,6-7,9-14H2,1H3;(H,6,7). The fourth-order valence-corrected chi connectivity index (χ4v) is 4.54. The van der Waals surface area contributed by atoms with Crippen LogP contribution in [0.3, 0.4) is 0 Å². The molecule has 0 unspecified atom stereocenters. The highest BCUT2D eigenvalue weighted by molar-refractivity contribution is 7.89. The summed E-state index contributed by atoms with van der Waals surface area (Å²) in [6.45, 7) is 6.10. The van der Waals surface area contributed by atoms with Crippen LogP contribution in [0.2, 0.25) is 0 Å². The second kappa shape index (κ2) is 10.0. The van der Waals surface area contributed by atoms with Gasteiger partial charge in [-0.05, 0) is 31.9 Å². The lowest BCUT2D eigenvalue weighted by Crippen LogP contribution is -2.57. The van der Waals surface area contributed by atoms with Crippen LogP contribution in [0.1, 0.15) is 25.5 Å². The molecular weight excluding hydrogens is 427 g/mol. The first kappa shape index (κ1) is 24.5. The van der Waals surface area contributed by atoms with Gasteiger partial charge in [0.05, 0.1) is 23.7 Å². The number of alkyl halides is 3. The third-order valence-electron chi connectivity index (χ3n) is 5.07. The predicted octanol–water partition coefficient (Wildman–Crippen LogP) is 1.73. The Kier molecular flexibility index (Phi) is 8.20. The highest BCUT2D eigenvalue weighted by Gasteiger charge is 2.41. The smallest absolute Gasteiger partial charge is 0.475 e. The molecular formula is C18H26F3N3O5S. The molecule has 1 aromatic heterocycles. The Balaban J connectivity index is 0.000000396. The summed E-state index contributed by atoms with van der Waals surface area (Å²) in [6, 6.07) is 5.97. The maximum absolute atomic E-state index is 12.0. The number of morpholine rings is 1. The molecule has 0 amide bonds. The minimum atomic E-state index is -5.08. The summed E-state index contributed by atoms with van der Waals surface area (Å²) in [6.07, 6.45) is -1.73. The zero-order chi connectivity index (χ0) is 22.4. The first-order valence-corrected chi connectivity index (χ1v) is 11.1. The molecule has 1 N–H and O–H groups in total. The number of ether oxygens (including phenoxy) is 1. The maximum Gasteiger partial charge on any atom is 0.490 e. The van der Waals surface area contributed by atoms with Crippen LogP contribution in [0.5, 0.6) is 0 Å². The Hall–Kier alpha value is -1.76. The van der Waals surface area contributed by atoms with Crippen molar-refractivity contribution in [3.8, 4) is 0 Å². The van der Waals surface area contributed by atoms with E-state index >= 15 is 0 Å². The Labute approximate surface area is 173 Å². The lowest BCUT2D eigenvalue weighted by molar-refractivity contribution is -0.192. The third kappa shape index (κ3) is 6.89. The van der Waals surface area contributed by atoms with Crippen molar-refractivity contribution in [2.45, 2.75) is 38.1 Å². The molecule has 30 heavy (non-hydrogen) atoms. The van der Waals surface area contributed by atoms with E-state index in [0.29, 0.717) is 19.7 Å². The summed E-state index contributed by atoms with van der Waals surface area (Å²) in [7, 11) is -3.08. The summed E-state index contributed by atoms with van der Waals surface area (Å²) in [5.74, 6) is -2.58. The van der Waals surface area contributed by atoms with E-state index in [2.05, 4.69) is 9.88 Å². The third-order valence-corrected chi connectivity index (χ3v) is 6.96. The zero-order valence-electron chi connectivity index (χ0n) is 16.6. The Morgan fingerprint density at radius 3 is 2.40 bits per heavy atom. The number of pyridine rings is 1. The van der Waals surface area contributed by atoms with Crippen molar-refractivity contribution >= 4 is 16.0 Å². The number of rotatable bonds is 4. The molecule has 3 heterocycles. The molecule has 1 aromatic rings. The molecule has 2 aliphatic heterocycles. The number of carboxylic acids is 1. The van der Waals surface area contributed by atoms with E-state index in [-0.39, 0.29) is 11.4 Å². The minimum Gasteiger partial charge on any atom is -0.475 e. The fourth-order valence-electron chi connectivity index (χ4n) is 3.44. The van der Waals surface area contributed by atoms with E-state index in [1.54, 1.807) is 11.2 Å². The van der Waals surface area contributed by atoms with Gasteiger partial charge < -0.3 is 9.84 Å². The summed E-state index contributed by atoms with van der Waals surface area (Å²) in [5.41, 5.74) is 0.864. The van der Waals surface area contributed by atoms with Gasteiger partial charge in [-0.1, -0.05) is 6.07 Å². The molecule has 0 bridgehead atoms. The summed E-state index contributed by atoms with van der Waals surface area (Å²) >= 11 is 0. The number of sulfonamides is 1. The number of hydrogen-bond donors (Lipinski definition) is 1. The molecule has 0 radical (unpaired) electrons. The predicted molar refractivity (Wildman–Crippen MR) is 102 cm³/mol. The van der Waals surface area contributed by atoms with Gasteiger partial charge in [0.2, 0.25) is 10.0 Å². The molecule has 12 heteroatoms. The average Bonchev–Trinajstić information content (AvgIpc) is 2.69. The fraction of sp³-hybridized carbons (Fsp3) is 0.667. The molecule has 0 atom stereocenters. The van der Waals surface area contributed by atoms with Crippen LogP contribution in [0.25, 0.3) is 0 Å². The van der Waals surface area contributed by atoms with E-state index < -0.39 is 22.2 Å². The quantitative estimate of drug-likeness (QED) is 0.741. The van der Waals surface area contributed by atoms with Crippen LogP contribution >= 0.6 is 0 Å². The molecule has 2 saturated heterocycles. The van der Waals surface area contributed by atoms with Crippen LogP contribution in [-0.2, 0) is 26.1 Å². The van der Waals surface area contributed by atoms with Crippen LogP contribution in [0.15, 0.2) is 24.4 Å². The summed E-state index contributed by atoms with van der Waals surface area (Å²) in [5, 5.41) is 7.12. The van der Waals surface area contributed by atoms with Gasteiger partial charge in [0.15, 0.2) is 0 Å². The maximum atomic E-state index is 12.0. The second-order valence-corrected chi connectivity index (χ2v) is 9.42. The highest BCUT2D eigenvalue weighted by atomic mass is 32.2. The zero-order valence-corrected chi connectivity index (χ0v) is 17.5. The van der Waals surface area contributed by atoms with Crippen molar-refractivity contribution in [3.63, 3.8) is 0 Å². The number of aromatic nitrogens is 1. The Bertz CT molecular complexity index is 797. The van der Waals surface area contributed by atoms with Crippen molar-refractivity contribution in [1.82, 2.24) is 14.2 Å². The van der Waals surface area contributed by atoms with Gasteiger partial charge in [0.1, 0.15) is 0 Å². The van der Waals surface area contributed by atoms with Gasteiger partial charge in [0, 0.05) is 38.9 Å². The number of hydrogen-bond acceptors (Lipinski definition) is 6. The largest absolute Gasteiger partial charge is 0.490 e. The highest BCUT2D eigenvalue weighted by Crippen LogP contribution is 2.31. The van der Waals surface area contributed by atoms with Gasteiger partial charge in [-0.3, -0.25) is 9.88 Å². The molecule has 8 nitrogen and oxygen atoms in total. The van der Waals surface area contributed by atoms with Gasteiger partial charge in [0.25, 0.3) is 0 Å². The SMILES string of the molecule is CCS(=O)(=O)N1CCC2(CC1)CN(Cc1ccccn1)CCO2.O=C(O)C(F)(F)F. The van der Waals surface area contributed by atoms with Crippen molar-refractivity contribution in [1.29, 1.82) is 0 Å². The normalized spacial score (nSPS) is 20.4. The molecule has 1 spiro atoms. The minimum absolute atomic E-state index is 0.173. The second-order valence-electron chi connectivity index (χ2n) is 7.17. The van der Waals surface area contributed by atoms with Crippen molar-refractivity contribution < 1.29 is 36.2 Å². The summed E-state index contributed by atoms with van der Waals surface area (Å²) in [4.78, 5) is 15.7. The monoisotopic (exact) mass is 453 g/mol. The van der Waals surface area contributed by atoms with Crippen LogP contribution in [0.4, 0.5) is 13.2 Å². The molecule has 0 aliphatic carbocycles. The van der Waals surface area contributed by atoms with E-state index in [0.717, 1.165) is 38.2 Å². The number of nitrogens with zero attached hydrogens (tertiary/aromatic N) is 3. The first-order chi connectivity index (χ1) is 14.0. The number of carboxylic acid groups (broad SMARTS) is 1. The molecule has 0 aromatic carbocycles. The molecule has 0 saturated carbocycles. The first-order valence-electron chi connectivity index (χ1n) is 9.51. The number of carbonyl (C=O) groups is 1. The van der Waals surface area contributed by atoms with Crippen LogP contribution in [-0.4, -0.2) is 84.0 Å². The van der Waals surface area contributed by atoms with Gasteiger partial charge in [-0.15, -0.1) is 0 Å². The average molecular weight is 453 g/mol. The van der Waals surface area contributed by atoms with Gasteiger partial charge in [-0.25, -0.2) is 17.5 Å². The number of piperidine rings is 1. The van der Waals surface area contributed by atoms with E-state index in [1.807, 2.05) is 24.4 Å². The van der Waals surface area contributed by atoms with E-state index in [9.17, 15) is 21.6 Å². The number of halogens is 3. The van der Waals surface area contributed by atoms with Crippen molar-refractivity contribution in [3.05, 3.63) is 30.1 Å². The molecule has 2 aliphatic rings.